The number of carbonyl (C=O) groups excluding carboxylic acids is 2. The van der Waals surface area contributed by atoms with E-state index in [0.29, 0.717) is 22.0 Å². The lowest BCUT2D eigenvalue weighted by Crippen LogP contribution is -2.29. The van der Waals surface area contributed by atoms with E-state index in [9.17, 15) is 18.0 Å². The van der Waals surface area contributed by atoms with Gasteiger partial charge in [0.1, 0.15) is 0 Å². The minimum absolute atomic E-state index is 0.0838. The average Bonchev–Trinajstić information content (AvgIpc) is 3.14. The summed E-state index contributed by atoms with van der Waals surface area (Å²) in [4.78, 5) is 25.3. The van der Waals surface area contributed by atoms with Crippen LogP contribution in [0.3, 0.4) is 0 Å². The fourth-order valence-electron chi connectivity index (χ4n) is 3.31. The molecule has 12 heteroatoms. The number of nitrogens with one attached hydrogen (secondary N) is 3. The lowest BCUT2D eigenvalue weighted by molar-refractivity contribution is 0.101. The van der Waals surface area contributed by atoms with Crippen LogP contribution >= 0.6 is 34.8 Å². The van der Waals surface area contributed by atoms with Crippen molar-refractivity contribution in [1.29, 1.82) is 0 Å². The van der Waals surface area contributed by atoms with E-state index in [4.69, 9.17) is 34.8 Å². The molecule has 4 rings (SSSR count). The van der Waals surface area contributed by atoms with Crippen molar-refractivity contribution >= 4 is 73.9 Å². The third kappa shape index (κ3) is 5.29. The highest BCUT2D eigenvalue weighted by atomic mass is 35.5. The summed E-state index contributed by atoms with van der Waals surface area (Å²) in [7, 11) is -3.61. The minimum atomic E-state index is -3.61. The third-order valence-electron chi connectivity index (χ3n) is 4.93. The van der Waals surface area contributed by atoms with Gasteiger partial charge in [0.25, 0.3) is 11.8 Å². The second kappa shape index (κ2) is 9.81. The van der Waals surface area contributed by atoms with E-state index in [1.165, 1.54) is 40.7 Å². The smallest absolute Gasteiger partial charge is 0.301 e. The van der Waals surface area contributed by atoms with Crippen molar-refractivity contribution in [1.82, 2.24) is 4.72 Å². The van der Waals surface area contributed by atoms with E-state index >= 15 is 0 Å². The molecule has 0 aliphatic carbocycles. The molecule has 0 radical (unpaired) electrons. The second-order valence-corrected chi connectivity index (χ2v) is 10.2. The van der Waals surface area contributed by atoms with Crippen LogP contribution < -0.4 is 19.7 Å². The molecule has 1 aliphatic heterocycles. The monoisotopic (exact) mass is 538 g/mol. The lowest BCUT2D eigenvalue weighted by atomic mass is 10.1. The number of anilines is 3. The molecule has 1 saturated heterocycles. The molecule has 0 bridgehead atoms. The second-order valence-electron chi connectivity index (χ2n) is 7.25. The quantitative estimate of drug-likeness (QED) is 0.433. The Morgan fingerprint density at radius 3 is 2.35 bits per heavy atom. The molecule has 3 N–H and O–H groups in total. The van der Waals surface area contributed by atoms with E-state index in [1.54, 1.807) is 24.3 Å². The van der Waals surface area contributed by atoms with Gasteiger partial charge in [-0.25, -0.2) is 0 Å². The van der Waals surface area contributed by atoms with Gasteiger partial charge in [-0.1, -0.05) is 40.9 Å². The van der Waals surface area contributed by atoms with Crippen LogP contribution in [0, 0.1) is 0 Å². The SMILES string of the molecule is O=C(Nc1cc(NC(=O)c2ccc(N3CCNS3(=O)=O)cc2Cl)ccc1Cl)c1cccc(Cl)c1. The zero-order valence-electron chi connectivity index (χ0n) is 17.3. The van der Waals surface area contributed by atoms with Crippen LogP contribution in [0.15, 0.2) is 60.7 Å². The summed E-state index contributed by atoms with van der Waals surface area (Å²) >= 11 is 18.4. The summed E-state index contributed by atoms with van der Waals surface area (Å²) < 4.78 is 27.6. The molecule has 3 aromatic carbocycles. The Morgan fingerprint density at radius 2 is 1.68 bits per heavy atom. The maximum Gasteiger partial charge on any atom is 0.301 e. The number of halogens is 3. The molecule has 0 aromatic heterocycles. The van der Waals surface area contributed by atoms with Gasteiger partial charge < -0.3 is 10.6 Å². The van der Waals surface area contributed by atoms with E-state index in [1.807, 2.05) is 0 Å². The fraction of sp³-hybridized carbons (Fsp3) is 0.0909. The molecule has 3 aromatic rings. The van der Waals surface area contributed by atoms with Crippen LogP contribution in [0.4, 0.5) is 17.1 Å². The standard InChI is InChI=1S/C22H17Cl3N4O4S/c23-14-3-1-2-13(10-14)21(30)28-20-11-15(4-7-18(20)24)27-22(31)17-6-5-16(12-19(17)25)29-9-8-26-34(29,32)33/h1-7,10-12,26H,8-9H2,(H,27,31)(H,28,30). The normalized spacial score (nSPS) is 14.6. The minimum Gasteiger partial charge on any atom is -0.322 e. The highest BCUT2D eigenvalue weighted by Crippen LogP contribution is 2.29. The van der Waals surface area contributed by atoms with Gasteiger partial charge in [0.15, 0.2) is 0 Å². The predicted molar refractivity (Wildman–Crippen MR) is 135 cm³/mol. The summed E-state index contributed by atoms with van der Waals surface area (Å²) in [5.74, 6) is -0.939. The van der Waals surface area contributed by atoms with Crippen LogP contribution in [-0.4, -0.2) is 33.3 Å². The Kier molecular flexibility index (Phi) is 7.01. The van der Waals surface area contributed by atoms with Crippen molar-refractivity contribution in [2.75, 3.05) is 28.0 Å². The molecule has 34 heavy (non-hydrogen) atoms. The maximum atomic E-state index is 12.8. The fourth-order valence-corrected chi connectivity index (χ4v) is 5.15. The molecule has 8 nitrogen and oxygen atoms in total. The first-order valence-electron chi connectivity index (χ1n) is 9.89. The third-order valence-corrected chi connectivity index (χ3v) is 7.35. The molecular weight excluding hydrogens is 523 g/mol. The molecule has 1 fully saturated rings. The summed E-state index contributed by atoms with van der Waals surface area (Å²) in [6, 6.07) is 15.4. The molecule has 0 unspecified atom stereocenters. The highest BCUT2D eigenvalue weighted by molar-refractivity contribution is 7.91. The largest absolute Gasteiger partial charge is 0.322 e. The predicted octanol–water partition coefficient (Wildman–Crippen LogP) is 4.81. The summed E-state index contributed by atoms with van der Waals surface area (Å²) in [6.45, 7) is 0.549. The molecule has 0 saturated carbocycles. The number of hydrogen-bond acceptors (Lipinski definition) is 4. The number of rotatable bonds is 5. The Hall–Kier alpha value is -2.82. The maximum absolute atomic E-state index is 12.8. The first kappa shape index (κ1) is 24.3. The first-order valence-corrected chi connectivity index (χ1v) is 12.5. The Balaban J connectivity index is 1.51. The molecule has 0 spiro atoms. The zero-order chi connectivity index (χ0) is 24.5. The van der Waals surface area contributed by atoms with Crippen LogP contribution in [0.1, 0.15) is 20.7 Å². The molecule has 0 atom stereocenters. The van der Waals surface area contributed by atoms with Gasteiger partial charge in [0.2, 0.25) is 0 Å². The van der Waals surface area contributed by atoms with Gasteiger partial charge >= 0.3 is 10.2 Å². The van der Waals surface area contributed by atoms with Crippen LogP contribution in [0.5, 0.6) is 0 Å². The van der Waals surface area contributed by atoms with Gasteiger partial charge in [-0.2, -0.15) is 13.1 Å². The Bertz CT molecular complexity index is 1400. The van der Waals surface area contributed by atoms with Crippen LogP contribution in [-0.2, 0) is 10.2 Å². The van der Waals surface area contributed by atoms with Gasteiger partial charge in [0.05, 0.1) is 27.0 Å². The van der Waals surface area contributed by atoms with Crippen LogP contribution in [0.25, 0.3) is 0 Å². The summed E-state index contributed by atoms with van der Waals surface area (Å²) in [6.07, 6.45) is 0. The zero-order valence-corrected chi connectivity index (χ0v) is 20.4. The molecule has 2 amide bonds. The van der Waals surface area contributed by atoms with E-state index in [2.05, 4.69) is 15.4 Å². The lowest BCUT2D eigenvalue weighted by Gasteiger charge is -2.17. The number of nitrogens with zero attached hydrogens (tertiary/aromatic N) is 1. The average molecular weight is 540 g/mol. The van der Waals surface area contributed by atoms with E-state index in [-0.39, 0.29) is 34.4 Å². The molecule has 1 aliphatic rings. The number of carbonyl (C=O) groups is 2. The highest BCUT2D eigenvalue weighted by Gasteiger charge is 2.28. The van der Waals surface area contributed by atoms with Gasteiger partial charge in [0, 0.05) is 29.4 Å². The van der Waals surface area contributed by atoms with Crippen LogP contribution in [0.2, 0.25) is 15.1 Å². The number of hydrogen-bond donors (Lipinski definition) is 3. The molecular formula is C22H17Cl3N4O4S. The van der Waals surface area contributed by atoms with Gasteiger partial charge in [-0.3, -0.25) is 13.9 Å². The Labute approximate surface area is 211 Å². The van der Waals surface area contributed by atoms with Crippen molar-refractivity contribution in [3.8, 4) is 0 Å². The number of amides is 2. The topological polar surface area (TPSA) is 108 Å². The van der Waals surface area contributed by atoms with Crippen molar-refractivity contribution < 1.29 is 18.0 Å². The molecule has 176 valence electrons. The van der Waals surface area contributed by atoms with Crippen molar-refractivity contribution in [3.05, 3.63) is 86.9 Å². The Morgan fingerprint density at radius 1 is 0.882 bits per heavy atom. The molecule has 1 heterocycles. The van der Waals surface area contributed by atoms with E-state index < -0.39 is 22.0 Å². The first-order chi connectivity index (χ1) is 16.1. The summed E-state index contributed by atoms with van der Waals surface area (Å²) in [5, 5.41) is 6.16. The summed E-state index contributed by atoms with van der Waals surface area (Å²) in [5.41, 5.74) is 1.50. The van der Waals surface area contributed by atoms with Gasteiger partial charge in [-0.05, 0) is 54.6 Å². The van der Waals surface area contributed by atoms with Crippen molar-refractivity contribution in [2.45, 2.75) is 0 Å². The van der Waals surface area contributed by atoms with Crippen molar-refractivity contribution in [2.24, 2.45) is 0 Å². The van der Waals surface area contributed by atoms with Crippen molar-refractivity contribution in [3.63, 3.8) is 0 Å². The number of benzene rings is 3. The van der Waals surface area contributed by atoms with E-state index in [0.717, 1.165) is 0 Å². The van der Waals surface area contributed by atoms with Gasteiger partial charge in [-0.15, -0.1) is 0 Å².